The van der Waals surface area contributed by atoms with Gasteiger partial charge in [-0.05, 0) is 18.2 Å². The summed E-state index contributed by atoms with van der Waals surface area (Å²) in [6.45, 7) is 0.499. The minimum Gasteiger partial charge on any atom is -0.496 e. The van der Waals surface area contributed by atoms with Gasteiger partial charge < -0.3 is 20.5 Å². The second-order valence-electron chi connectivity index (χ2n) is 4.45. The molecule has 0 unspecified atom stereocenters. The number of anilines is 1. The summed E-state index contributed by atoms with van der Waals surface area (Å²) in [6.07, 6.45) is 0. The van der Waals surface area contributed by atoms with Gasteiger partial charge in [0.2, 0.25) is 0 Å². The molecule has 0 heterocycles. The number of nitrogens with one attached hydrogen (secondary N) is 1. The van der Waals surface area contributed by atoms with E-state index < -0.39 is 5.91 Å². The molecule has 0 aliphatic rings. The smallest absolute Gasteiger partial charge is 0.255 e. The fourth-order valence-electron chi connectivity index (χ4n) is 1.90. The van der Waals surface area contributed by atoms with E-state index in [1.807, 2.05) is 42.5 Å². The normalized spacial score (nSPS) is 9.95. The second-order valence-corrected chi connectivity index (χ2v) is 4.45. The molecule has 0 spiro atoms. The van der Waals surface area contributed by atoms with Gasteiger partial charge >= 0.3 is 0 Å². The molecule has 2 rings (SSSR count). The van der Waals surface area contributed by atoms with Crippen molar-refractivity contribution in [2.45, 2.75) is 6.54 Å². The number of para-hydroxylation sites is 1. The minimum absolute atomic E-state index is 0.129. The molecule has 5 nitrogen and oxygen atoms in total. The van der Waals surface area contributed by atoms with Gasteiger partial charge in [-0.2, -0.15) is 0 Å². The molecule has 1 amide bonds. The molecule has 0 bridgehead atoms. The zero-order valence-electron chi connectivity index (χ0n) is 11.8. The molecule has 0 fully saturated rings. The monoisotopic (exact) mass is 286 g/mol. The summed E-state index contributed by atoms with van der Waals surface area (Å²) in [5, 5.41) is 3.29. The first-order valence-electron chi connectivity index (χ1n) is 6.56. The maximum absolute atomic E-state index is 10.7. The van der Waals surface area contributed by atoms with Gasteiger partial charge in [0, 0.05) is 23.9 Å². The zero-order chi connectivity index (χ0) is 15.1. The van der Waals surface area contributed by atoms with Crippen LogP contribution >= 0.6 is 0 Å². The molecule has 5 heteroatoms. The molecule has 2 aromatic carbocycles. The van der Waals surface area contributed by atoms with Crippen molar-refractivity contribution in [3.63, 3.8) is 0 Å². The van der Waals surface area contributed by atoms with Crippen LogP contribution < -0.4 is 20.5 Å². The van der Waals surface area contributed by atoms with Crippen LogP contribution in [-0.4, -0.2) is 19.6 Å². The summed E-state index contributed by atoms with van der Waals surface area (Å²) in [5.74, 6) is 0.937. The second kappa shape index (κ2) is 7.19. The van der Waals surface area contributed by atoms with Crippen LogP contribution in [0.4, 0.5) is 5.69 Å². The number of carbonyl (C=O) groups is 1. The number of benzene rings is 2. The molecule has 0 radical (unpaired) electrons. The Morgan fingerprint density at radius 2 is 2.00 bits per heavy atom. The third-order valence-electron chi connectivity index (χ3n) is 2.89. The number of amides is 1. The molecule has 0 aromatic heterocycles. The molecule has 110 valence electrons. The third-order valence-corrected chi connectivity index (χ3v) is 2.89. The SMILES string of the molecule is COc1ccccc1CNc1cccc(OCC(N)=O)c1. The van der Waals surface area contributed by atoms with Crippen LogP contribution in [0.5, 0.6) is 11.5 Å². The summed E-state index contributed by atoms with van der Waals surface area (Å²) in [5.41, 5.74) is 7.00. The molecule has 2 aromatic rings. The molecule has 0 saturated carbocycles. The van der Waals surface area contributed by atoms with E-state index in [4.69, 9.17) is 15.2 Å². The van der Waals surface area contributed by atoms with Crippen LogP contribution in [0, 0.1) is 0 Å². The van der Waals surface area contributed by atoms with Gasteiger partial charge in [0.1, 0.15) is 11.5 Å². The van der Waals surface area contributed by atoms with Crippen LogP contribution in [0.1, 0.15) is 5.56 Å². The highest BCUT2D eigenvalue weighted by molar-refractivity contribution is 5.75. The first kappa shape index (κ1) is 14.7. The Balaban J connectivity index is 1.99. The highest BCUT2D eigenvalue weighted by atomic mass is 16.5. The number of carbonyl (C=O) groups excluding carboxylic acids is 1. The molecule has 3 N–H and O–H groups in total. The lowest BCUT2D eigenvalue weighted by molar-refractivity contribution is -0.119. The van der Waals surface area contributed by atoms with Crippen LogP contribution in [0.15, 0.2) is 48.5 Å². The largest absolute Gasteiger partial charge is 0.496 e. The Hall–Kier alpha value is -2.69. The van der Waals surface area contributed by atoms with Gasteiger partial charge in [0.05, 0.1) is 7.11 Å². The average Bonchev–Trinajstić information content (AvgIpc) is 2.51. The topological polar surface area (TPSA) is 73.6 Å². The maximum Gasteiger partial charge on any atom is 0.255 e. The minimum atomic E-state index is -0.498. The number of nitrogens with two attached hydrogens (primary N) is 1. The lowest BCUT2D eigenvalue weighted by atomic mass is 10.2. The Morgan fingerprint density at radius 1 is 1.19 bits per heavy atom. The van der Waals surface area contributed by atoms with Gasteiger partial charge in [0.15, 0.2) is 6.61 Å². The zero-order valence-corrected chi connectivity index (χ0v) is 11.8. The van der Waals surface area contributed by atoms with Crippen molar-refractivity contribution in [3.8, 4) is 11.5 Å². The van der Waals surface area contributed by atoms with E-state index in [2.05, 4.69) is 5.32 Å². The highest BCUT2D eigenvalue weighted by Crippen LogP contribution is 2.21. The third kappa shape index (κ3) is 4.42. The molecule has 0 atom stereocenters. The molecule has 0 aliphatic carbocycles. The molecular weight excluding hydrogens is 268 g/mol. The number of hydrogen-bond donors (Lipinski definition) is 2. The molecule has 21 heavy (non-hydrogen) atoms. The summed E-state index contributed by atoms with van der Waals surface area (Å²) in [7, 11) is 1.65. The van der Waals surface area contributed by atoms with Crippen molar-refractivity contribution in [1.29, 1.82) is 0 Å². The number of primary amides is 1. The fraction of sp³-hybridized carbons (Fsp3) is 0.188. The number of ether oxygens (including phenoxy) is 2. The number of methoxy groups -OCH3 is 1. The van der Waals surface area contributed by atoms with E-state index in [-0.39, 0.29) is 6.61 Å². The maximum atomic E-state index is 10.7. The van der Waals surface area contributed by atoms with Crippen LogP contribution in [0.2, 0.25) is 0 Å². The standard InChI is InChI=1S/C16H18N2O3/c1-20-15-8-3-2-5-12(15)10-18-13-6-4-7-14(9-13)21-11-16(17)19/h2-9,18H,10-11H2,1H3,(H2,17,19). The quantitative estimate of drug-likeness (QED) is 0.818. The Bertz CT molecular complexity index is 614. The summed E-state index contributed by atoms with van der Waals surface area (Å²) in [4.78, 5) is 10.7. The summed E-state index contributed by atoms with van der Waals surface area (Å²) in [6, 6.07) is 15.2. The van der Waals surface area contributed by atoms with Crippen molar-refractivity contribution < 1.29 is 14.3 Å². The molecule has 0 saturated heterocycles. The van der Waals surface area contributed by atoms with Gasteiger partial charge in [-0.15, -0.1) is 0 Å². The Labute approximate surface area is 123 Å². The van der Waals surface area contributed by atoms with Crippen LogP contribution in [-0.2, 0) is 11.3 Å². The van der Waals surface area contributed by atoms with Crippen molar-refractivity contribution in [3.05, 3.63) is 54.1 Å². The highest BCUT2D eigenvalue weighted by Gasteiger charge is 2.03. The van der Waals surface area contributed by atoms with E-state index in [0.717, 1.165) is 17.0 Å². The van der Waals surface area contributed by atoms with E-state index >= 15 is 0 Å². The number of hydrogen-bond acceptors (Lipinski definition) is 4. The lowest BCUT2D eigenvalue weighted by Crippen LogP contribution is -2.20. The molecule has 0 aliphatic heterocycles. The predicted molar refractivity (Wildman–Crippen MR) is 81.5 cm³/mol. The Kier molecular flexibility index (Phi) is 5.04. The van der Waals surface area contributed by atoms with Crippen molar-refractivity contribution in [1.82, 2.24) is 0 Å². The fourth-order valence-corrected chi connectivity index (χ4v) is 1.90. The first-order chi connectivity index (χ1) is 10.2. The van der Waals surface area contributed by atoms with E-state index in [0.29, 0.717) is 12.3 Å². The van der Waals surface area contributed by atoms with Crippen LogP contribution in [0.25, 0.3) is 0 Å². The lowest BCUT2D eigenvalue weighted by Gasteiger charge is -2.11. The van der Waals surface area contributed by atoms with Crippen LogP contribution in [0.3, 0.4) is 0 Å². The van der Waals surface area contributed by atoms with Crippen molar-refractivity contribution in [2.24, 2.45) is 5.73 Å². The van der Waals surface area contributed by atoms with Crippen molar-refractivity contribution in [2.75, 3.05) is 19.0 Å². The van der Waals surface area contributed by atoms with Gasteiger partial charge in [-0.1, -0.05) is 24.3 Å². The van der Waals surface area contributed by atoms with E-state index in [1.54, 1.807) is 13.2 Å². The predicted octanol–water partition coefficient (Wildman–Crippen LogP) is 2.17. The van der Waals surface area contributed by atoms with E-state index in [1.165, 1.54) is 0 Å². The van der Waals surface area contributed by atoms with Gasteiger partial charge in [-0.25, -0.2) is 0 Å². The van der Waals surface area contributed by atoms with Gasteiger partial charge in [0.25, 0.3) is 5.91 Å². The number of rotatable bonds is 7. The molecular formula is C16H18N2O3. The summed E-state index contributed by atoms with van der Waals surface area (Å²) >= 11 is 0. The van der Waals surface area contributed by atoms with E-state index in [9.17, 15) is 4.79 Å². The van der Waals surface area contributed by atoms with Crippen molar-refractivity contribution >= 4 is 11.6 Å². The van der Waals surface area contributed by atoms with Gasteiger partial charge in [-0.3, -0.25) is 4.79 Å². The Morgan fingerprint density at radius 3 is 2.76 bits per heavy atom. The first-order valence-corrected chi connectivity index (χ1v) is 6.56. The summed E-state index contributed by atoms with van der Waals surface area (Å²) < 4.78 is 10.6. The average molecular weight is 286 g/mol.